The molecule has 3 aromatic carbocycles. The van der Waals surface area contributed by atoms with Gasteiger partial charge in [0.15, 0.2) is 16.8 Å². The average Bonchev–Trinajstić information content (AvgIpc) is 3.19. The average molecular weight is 475 g/mol. The van der Waals surface area contributed by atoms with Crippen LogP contribution in [0, 0.1) is 0 Å². The predicted octanol–water partition coefficient (Wildman–Crippen LogP) is 6.87. The van der Waals surface area contributed by atoms with Crippen molar-refractivity contribution in [3.8, 4) is 17.1 Å². The van der Waals surface area contributed by atoms with Gasteiger partial charge in [0, 0.05) is 21.8 Å². The Bertz CT molecular complexity index is 1190. The van der Waals surface area contributed by atoms with Crippen molar-refractivity contribution in [1.82, 2.24) is 14.8 Å². The summed E-state index contributed by atoms with van der Waals surface area (Å²) in [6, 6.07) is 22.0. The van der Waals surface area contributed by atoms with Crippen molar-refractivity contribution in [2.45, 2.75) is 5.16 Å². The summed E-state index contributed by atoms with van der Waals surface area (Å²) in [5.41, 5.74) is 2.27. The van der Waals surface area contributed by atoms with Gasteiger partial charge in [0.05, 0.1) is 15.8 Å². The van der Waals surface area contributed by atoms with E-state index in [-0.39, 0.29) is 11.5 Å². The Kier molecular flexibility index (Phi) is 6.44. The third-order valence-electron chi connectivity index (χ3n) is 4.32. The van der Waals surface area contributed by atoms with Gasteiger partial charge in [-0.25, -0.2) is 0 Å². The number of rotatable bonds is 6. The Labute approximate surface area is 192 Å². The minimum Gasteiger partial charge on any atom is -0.293 e. The molecule has 0 amide bonds. The molecule has 0 unspecified atom stereocenters. The maximum absolute atomic E-state index is 12.7. The summed E-state index contributed by atoms with van der Waals surface area (Å²) in [5, 5.41) is 10.7. The lowest BCUT2D eigenvalue weighted by atomic mass is 10.1. The number of carbonyl (C=O) groups is 1. The normalized spacial score (nSPS) is 10.9. The van der Waals surface area contributed by atoms with Crippen LogP contribution in [0.3, 0.4) is 0 Å². The van der Waals surface area contributed by atoms with Gasteiger partial charge in [-0.1, -0.05) is 76.9 Å². The van der Waals surface area contributed by atoms with Crippen LogP contribution in [-0.2, 0) is 0 Å². The number of halogens is 3. The number of hydrogen-bond acceptors (Lipinski definition) is 4. The van der Waals surface area contributed by atoms with Crippen LogP contribution in [-0.4, -0.2) is 26.3 Å². The lowest BCUT2D eigenvalue weighted by molar-refractivity contribution is 0.102. The third kappa shape index (κ3) is 4.55. The summed E-state index contributed by atoms with van der Waals surface area (Å²) in [5.74, 6) is 0.784. The number of carbonyl (C=O) groups excluding carboxylic acids is 1. The first-order valence-corrected chi connectivity index (χ1v) is 11.0. The first-order chi connectivity index (χ1) is 14.5. The maximum atomic E-state index is 12.7. The standard InChI is InChI=1S/C22H14Cl3N3OS/c23-16-7-9-17(10-8-16)28-21(14-4-2-1-3-5-14)26-27-22(28)30-13-20(29)15-6-11-18(24)19(25)12-15/h1-12H,13H2. The van der Waals surface area contributed by atoms with E-state index in [4.69, 9.17) is 34.8 Å². The van der Waals surface area contributed by atoms with Gasteiger partial charge in [-0.15, -0.1) is 10.2 Å². The van der Waals surface area contributed by atoms with Gasteiger partial charge in [-0.05, 0) is 42.5 Å². The highest BCUT2D eigenvalue weighted by molar-refractivity contribution is 7.99. The molecule has 150 valence electrons. The van der Waals surface area contributed by atoms with Crippen LogP contribution < -0.4 is 0 Å². The van der Waals surface area contributed by atoms with Crippen molar-refractivity contribution in [1.29, 1.82) is 0 Å². The molecular formula is C22H14Cl3N3OS. The molecule has 0 aliphatic heterocycles. The van der Waals surface area contributed by atoms with E-state index in [0.717, 1.165) is 11.3 Å². The van der Waals surface area contributed by atoms with Crippen LogP contribution in [0.4, 0.5) is 0 Å². The van der Waals surface area contributed by atoms with Gasteiger partial charge in [0.25, 0.3) is 0 Å². The van der Waals surface area contributed by atoms with Crippen LogP contribution in [0.5, 0.6) is 0 Å². The Balaban J connectivity index is 1.66. The Morgan fingerprint density at radius 1 is 0.867 bits per heavy atom. The van der Waals surface area contributed by atoms with E-state index in [0.29, 0.717) is 31.6 Å². The number of ketones is 1. The zero-order valence-corrected chi connectivity index (χ0v) is 18.5. The summed E-state index contributed by atoms with van der Waals surface area (Å²) in [6.07, 6.45) is 0. The minimum absolute atomic E-state index is 0.0783. The molecule has 4 rings (SSSR count). The van der Waals surface area contributed by atoms with E-state index < -0.39 is 0 Å². The lowest BCUT2D eigenvalue weighted by Gasteiger charge is -2.10. The summed E-state index contributed by atoms with van der Waals surface area (Å²) in [7, 11) is 0. The van der Waals surface area contributed by atoms with Crippen LogP contribution in [0.2, 0.25) is 15.1 Å². The van der Waals surface area contributed by atoms with Gasteiger partial charge >= 0.3 is 0 Å². The van der Waals surface area contributed by atoms with E-state index in [2.05, 4.69) is 10.2 Å². The first-order valence-electron chi connectivity index (χ1n) is 8.91. The third-order valence-corrected chi connectivity index (χ3v) is 6.24. The molecule has 0 radical (unpaired) electrons. The number of benzene rings is 3. The lowest BCUT2D eigenvalue weighted by Crippen LogP contribution is -2.05. The van der Waals surface area contributed by atoms with Crippen molar-refractivity contribution in [3.05, 3.63) is 93.4 Å². The molecular weight excluding hydrogens is 461 g/mol. The molecule has 4 nitrogen and oxygen atoms in total. The summed E-state index contributed by atoms with van der Waals surface area (Å²) in [6.45, 7) is 0. The van der Waals surface area contributed by atoms with Crippen molar-refractivity contribution in [2.24, 2.45) is 0 Å². The van der Waals surface area contributed by atoms with Crippen molar-refractivity contribution in [3.63, 3.8) is 0 Å². The second-order valence-corrected chi connectivity index (χ2v) is 8.52. The minimum atomic E-state index is -0.0783. The molecule has 1 heterocycles. The largest absolute Gasteiger partial charge is 0.293 e. The van der Waals surface area contributed by atoms with Crippen molar-refractivity contribution < 1.29 is 4.79 Å². The molecule has 0 fully saturated rings. The molecule has 30 heavy (non-hydrogen) atoms. The molecule has 0 atom stereocenters. The number of Topliss-reactive ketones (excluding diaryl/α,β-unsaturated/α-hetero) is 1. The fourth-order valence-corrected chi connectivity index (χ4v) is 4.11. The quantitative estimate of drug-likeness (QED) is 0.226. The number of aromatic nitrogens is 3. The summed E-state index contributed by atoms with van der Waals surface area (Å²) >= 11 is 19.3. The van der Waals surface area contributed by atoms with Crippen LogP contribution >= 0.6 is 46.6 Å². The molecule has 0 bridgehead atoms. The smallest absolute Gasteiger partial charge is 0.196 e. The summed E-state index contributed by atoms with van der Waals surface area (Å²) in [4.78, 5) is 12.7. The number of hydrogen-bond donors (Lipinski definition) is 0. The Hall–Kier alpha value is -2.31. The second kappa shape index (κ2) is 9.23. The van der Waals surface area contributed by atoms with E-state index in [1.165, 1.54) is 11.8 Å². The number of thioether (sulfide) groups is 1. The molecule has 0 aliphatic carbocycles. The first kappa shape index (κ1) is 20.9. The van der Waals surface area contributed by atoms with E-state index in [1.807, 2.05) is 47.0 Å². The van der Waals surface area contributed by atoms with E-state index >= 15 is 0 Å². The monoisotopic (exact) mass is 473 g/mol. The zero-order valence-electron chi connectivity index (χ0n) is 15.4. The zero-order chi connectivity index (χ0) is 21.1. The van der Waals surface area contributed by atoms with E-state index in [1.54, 1.807) is 30.3 Å². The fourth-order valence-electron chi connectivity index (χ4n) is 2.84. The predicted molar refractivity (Wildman–Crippen MR) is 123 cm³/mol. The maximum Gasteiger partial charge on any atom is 0.196 e. The van der Waals surface area contributed by atoms with Crippen molar-refractivity contribution in [2.75, 3.05) is 5.75 Å². The highest BCUT2D eigenvalue weighted by Gasteiger charge is 2.18. The summed E-state index contributed by atoms with van der Waals surface area (Å²) < 4.78 is 1.92. The Morgan fingerprint density at radius 3 is 2.30 bits per heavy atom. The Morgan fingerprint density at radius 2 is 1.60 bits per heavy atom. The highest BCUT2D eigenvalue weighted by Crippen LogP contribution is 2.29. The molecule has 0 aliphatic rings. The topological polar surface area (TPSA) is 47.8 Å². The molecule has 0 saturated carbocycles. The van der Waals surface area contributed by atoms with Gasteiger partial charge in [0.2, 0.25) is 0 Å². The van der Waals surface area contributed by atoms with Gasteiger partial charge in [-0.2, -0.15) is 0 Å². The highest BCUT2D eigenvalue weighted by atomic mass is 35.5. The second-order valence-electron chi connectivity index (χ2n) is 6.32. The number of nitrogens with zero attached hydrogens (tertiary/aromatic N) is 3. The molecule has 0 N–H and O–H groups in total. The molecule has 8 heteroatoms. The molecule has 0 saturated heterocycles. The molecule has 1 aromatic heterocycles. The molecule has 4 aromatic rings. The SMILES string of the molecule is O=C(CSc1nnc(-c2ccccc2)n1-c1ccc(Cl)cc1)c1ccc(Cl)c(Cl)c1. The van der Waals surface area contributed by atoms with Crippen LogP contribution in [0.15, 0.2) is 78.0 Å². The van der Waals surface area contributed by atoms with Gasteiger partial charge in [0.1, 0.15) is 0 Å². The van der Waals surface area contributed by atoms with Gasteiger partial charge in [-0.3, -0.25) is 9.36 Å². The van der Waals surface area contributed by atoms with E-state index in [9.17, 15) is 4.79 Å². The van der Waals surface area contributed by atoms with Crippen LogP contribution in [0.25, 0.3) is 17.1 Å². The molecule has 0 spiro atoms. The fraction of sp³-hybridized carbons (Fsp3) is 0.0455. The van der Waals surface area contributed by atoms with Gasteiger partial charge < -0.3 is 0 Å². The van der Waals surface area contributed by atoms with Crippen molar-refractivity contribution >= 4 is 52.3 Å². The van der Waals surface area contributed by atoms with Crippen LogP contribution in [0.1, 0.15) is 10.4 Å².